The summed E-state index contributed by atoms with van der Waals surface area (Å²) in [6, 6.07) is 19.4. The van der Waals surface area contributed by atoms with Gasteiger partial charge in [0.2, 0.25) is 11.8 Å². The summed E-state index contributed by atoms with van der Waals surface area (Å²) >= 11 is 1.36. The zero-order valence-corrected chi connectivity index (χ0v) is 27.0. The van der Waals surface area contributed by atoms with Gasteiger partial charge in [0.05, 0.1) is 30.2 Å². The Labute approximate surface area is 268 Å². The first-order chi connectivity index (χ1) is 21.6. The Kier molecular flexibility index (Phi) is 8.58. The molecule has 6 rings (SSSR count). The van der Waals surface area contributed by atoms with E-state index in [0.29, 0.717) is 30.4 Å². The maximum atomic E-state index is 14.5. The molecule has 0 fully saturated rings. The molecule has 0 unspecified atom stereocenters. The van der Waals surface area contributed by atoms with Gasteiger partial charge in [-0.2, -0.15) is 10.1 Å². The summed E-state index contributed by atoms with van der Waals surface area (Å²) in [5.74, 6) is 0.792. The number of ether oxygens (including phenoxy) is 1. The maximum absolute atomic E-state index is 14.5. The Morgan fingerprint density at radius 3 is 2.56 bits per heavy atom. The molecule has 4 bridgehead atoms. The molecule has 45 heavy (non-hydrogen) atoms. The highest BCUT2D eigenvalue weighted by Crippen LogP contribution is 2.33. The minimum absolute atomic E-state index is 0.0904. The number of carbonyl (C=O) groups excluding carboxylic acids is 1. The number of benzene rings is 2. The van der Waals surface area contributed by atoms with Crippen molar-refractivity contribution in [1.29, 1.82) is 0 Å². The van der Waals surface area contributed by atoms with Crippen molar-refractivity contribution in [2.75, 3.05) is 11.3 Å². The molecule has 5 aromatic rings. The summed E-state index contributed by atoms with van der Waals surface area (Å²) in [5, 5.41) is 7.03. The summed E-state index contributed by atoms with van der Waals surface area (Å²) < 4.78 is 9.80. The van der Waals surface area contributed by atoms with Gasteiger partial charge in [-0.3, -0.25) is 19.6 Å². The lowest BCUT2D eigenvalue weighted by Gasteiger charge is -2.36. The van der Waals surface area contributed by atoms with Crippen LogP contribution in [0.2, 0.25) is 0 Å². The van der Waals surface area contributed by atoms with Crippen LogP contribution in [0.15, 0.2) is 84.1 Å². The van der Waals surface area contributed by atoms with E-state index in [0.717, 1.165) is 44.1 Å². The van der Waals surface area contributed by atoms with Gasteiger partial charge in [-0.25, -0.2) is 4.98 Å². The number of nitrogens with one attached hydrogen (secondary N) is 2. The Morgan fingerprint density at radius 1 is 1.00 bits per heavy atom. The van der Waals surface area contributed by atoms with Crippen LogP contribution in [-0.4, -0.2) is 48.6 Å². The average Bonchev–Trinajstić information content (AvgIpc) is 3.55. The first kappa shape index (κ1) is 30.3. The van der Waals surface area contributed by atoms with Crippen LogP contribution in [0.1, 0.15) is 54.4 Å². The Morgan fingerprint density at radius 2 is 1.80 bits per heavy atom. The van der Waals surface area contributed by atoms with E-state index in [1.807, 2.05) is 59.6 Å². The second-order valence-electron chi connectivity index (χ2n) is 12.6. The van der Waals surface area contributed by atoms with Gasteiger partial charge in [0.15, 0.2) is 0 Å². The number of carbonyl (C=O) groups is 1. The number of rotatable bonds is 5. The molecule has 0 radical (unpaired) electrons. The quantitative estimate of drug-likeness (QED) is 0.195. The molecule has 9 nitrogen and oxygen atoms in total. The highest BCUT2D eigenvalue weighted by atomic mass is 32.2. The average molecular weight is 620 g/mol. The van der Waals surface area contributed by atoms with E-state index in [9.17, 15) is 4.79 Å². The third-order valence-electron chi connectivity index (χ3n) is 7.77. The molecule has 3 aromatic heterocycles. The van der Waals surface area contributed by atoms with E-state index < -0.39 is 0 Å². The van der Waals surface area contributed by atoms with E-state index in [2.05, 4.69) is 61.7 Å². The van der Waals surface area contributed by atoms with Crippen molar-refractivity contribution >= 4 is 23.8 Å². The van der Waals surface area contributed by atoms with E-state index >= 15 is 0 Å². The zero-order chi connectivity index (χ0) is 31.6. The number of hydrogen-bond acceptors (Lipinski definition) is 8. The number of fused-ring (bicyclic) bond motifs is 4. The van der Waals surface area contributed by atoms with Crippen molar-refractivity contribution in [1.82, 2.24) is 30.0 Å². The molecule has 2 N–H and O–H groups in total. The Bertz CT molecular complexity index is 1800. The van der Waals surface area contributed by atoms with Gasteiger partial charge >= 0.3 is 0 Å². The number of aromatic nitrogens is 5. The van der Waals surface area contributed by atoms with Crippen LogP contribution >= 0.6 is 11.9 Å². The van der Waals surface area contributed by atoms with Crippen LogP contribution in [0, 0.1) is 19.3 Å². The minimum atomic E-state index is -0.288. The van der Waals surface area contributed by atoms with Crippen molar-refractivity contribution in [2.45, 2.75) is 58.5 Å². The lowest BCUT2D eigenvalue weighted by molar-refractivity contribution is 0.0510. The predicted molar refractivity (Wildman–Crippen MR) is 178 cm³/mol. The van der Waals surface area contributed by atoms with Crippen LogP contribution < -0.4 is 9.46 Å². The van der Waals surface area contributed by atoms with Crippen molar-refractivity contribution < 1.29 is 9.53 Å². The second-order valence-corrected chi connectivity index (χ2v) is 13.4. The number of anilines is 1. The number of H-pyrrole nitrogens is 1. The molecule has 0 saturated carbocycles. The standard InChI is InChI=1S/C35H37N7O2S/c1-22-9-6-10-23(2)32(22)29-16-31-40-34(39-29)41-45-27-12-7-11-24(15-27)33(43)42(26(21-44-31)17-35(3,4)5)20-30-28(13-8-14-36-30)25-18-37-38-19-25/h6-16,18-19,26H,17,20-21H2,1-5H3,(H,37,38)(H,39,40,41)/t26-/m1/s1. The molecule has 2 aromatic carbocycles. The number of nitrogens with zero attached hydrogens (tertiary/aromatic N) is 5. The number of hydrogen-bond donors (Lipinski definition) is 2. The summed E-state index contributed by atoms with van der Waals surface area (Å²) in [5.41, 5.74) is 7.17. The van der Waals surface area contributed by atoms with Gasteiger partial charge in [-0.15, -0.1) is 0 Å². The first-order valence-electron chi connectivity index (χ1n) is 15.0. The third-order valence-corrected chi connectivity index (χ3v) is 8.55. The summed E-state index contributed by atoms with van der Waals surface area (Å²) in [6.45, 7) is 11.2. The summed E-state index contributed by atoms with van der Waals surface area (Å²) in [7, 11) is 0. The zero-order valence-electron chi connectivity index (χ0n) is 26.2. The van der Waals surface area contributed by atoms with E-state index in [-0.39, 0.29) is 24.0 Å². The molecule has 1 amide bonds. The summed E-state index contributed by atoms with van der Waals surface area (Å²) in [6.07, 6.45) is 6.07. The maximum Gasteiger partial charge on any atom is 0.254 e. The lowest BCUT2D eigenvalue weighted by atomic mass is 9.87. The van der Waals surface area contributed by atoms with Crippen molar-refractivity contribution in [3.8, 4) is 28.3 Å². The molecular weight excluding hydrogens is 582 g/mol. The number of pyridine rings is 1. The minimum Gasteiger partial charge on any atom is -0.475 e. The SMILES string of the molecule is Cc1cccc(C)c1-c1cc2nc(n1)NSc1cccc(c1)C(=O)N(Cc1ncccc1-c1cn[nH]c1)[C@H](CC(C)(C)C)CO2. The molecule has 1 aliphatic heterocycles. The molecule has 0 saturated heterocycles. The van der Waals surface area contributed by atoms with Gasteiger partial charge in [-0.05, 0) is 73.0 Å². The molecule has 4 heterocycles. The molecule has 10 heteroatoms. The predicted octanol–water partition coefficient (Wildman–Crippen LogP) is 7.50. The number of amides is 1. The van der Waals surface area contributed by atoms with Crippen LogP contribution in [0.25, 0.3) is 22.4 Å². The monoisotopic (exact) mass is 619 g/mol. The van der Waals surface area contributed by atoms with Crippen molar-refractivity contribution in [2.24, 2.45) is 5.41 Å². The van der Waals surface area contributed by atoms with Gasteiger partial charge < -0.3 is 9.64 Å². The Balaban J connectivity index is 1.46. The molecule has 1 atom stereocenters. The van der Waals surface area contributed by atoms with Crippen LogP contribution in [-0.2, 0) is 6.54 Å². The van der Waals surface area contributed by atoms with Crippen molar-refractivity contribution in [3.05, 3.63) is 102 Å². The summed E-state index contributed by atoms with van der Waals surface area (Å²) in [4.78, 5) is 31.6. The molecule has 0 aliphatic carbocycles. The lowest BCUT2D eigenvalue weighted by Crippen LogP contribution is -2.45. The van der Waals surface area contributed by atoms with E-state index in [1.165, 1.54) is 11.9 Å². The fourth-order valence-corrected chi connectivity index (χ4v) is 6.39. The van der Waals surface area contributed by atoms with E-state index in [4.69, 9.17) is 19.7 Å². The van der Waals surface area contributed by atoms with E-state index in [1.54, 1.807) is 12.4 Å². The van der Waals surface area contributed by atoms with Crippen LogP contribution in [0.4, 0.5) is 5.95 Å². The van der Waals surface area contributed by atoms with Crippen LogP contribution in [0.5, 0.6) is 5.88 Å². The number of aryl methyl sites for hydroxylation is 2. The van der Waals surface area contributed by atoms with Crippen LogP contribution in [0.3, 0.4) is 0 Å². The first-order valence-corrected chi connectivity index (χ1v) is 15.8. The number of aromatic amines is 1. The smallest absolute Gasteiger partial charge is 0.254 e. The van der Waals surface area contributed by atoms with Crippen molar-refractivity contribution in [3.63, 3.8) is 0 Å². The second kappa shape index (κ2) is 12.7. The fourth-order valence-electron chi connectivity index (χ4n) is 5.75. The van der Waals surface area contributed by atoms with Gasteiger partial charge in [0.25, 0.3) is 5.91 Å². The molecule has 1 aliphatic rings. The molecule has 0 spiro atoms. The molecule has 230 valence electrons. The normalized spacial score (nSPS) is 15.4. The van der Waals surface area contributed by atoms with Gasteiger partial charge in [-0.1, -0.05) is 51.1 Å². The third kappa shape index (κ3) is 7.01. The Hall–Kier alpha value is -4.70. The van der Waals surface area contributed by atoms with Gasteiger partial charge in [0.1, 0.15) is 6.61 Å². The topological polar surface area (TPSA) is 109 Å². The highest BCUT2D eigenvalue weighted by Gasteiger charge is 2.31. The van der Waals surface area contributed by atoms with Gasteiger partial charge in [0, 0.05) is 45.6 Å². The molecular formula is C35H37N7O2S. The largest absolute Gasteiger partial charge is 0.475 e. The highest BCUT2D eigenvalue weighted by molar-refractivity contribution is 8.00. The fraction of sp³-hybridized carbons (Fsp3) is 0.286.